The first-order valence-electron chi connectivity index (χ1n) is 9.19. The molecule has 2 aromatic carbocycles. The topological polar surface area (TPSA) is 81.9 Å². The minimum absolute atomic E-state index is 0.0483. The zero-order valence-electron chi connectivity index (χ0n) is 14.8. The molecule has 1 amide bonds. The Hall–Kier alpha value is -3.22. The first-order valence-corrected chi connectivity index (χ1v) is 9.19. The number of amides is 1. The number of aromatic nitrogens is 4. The Morgan fingerprint density at radius 3 is 3.04 bits per heavy atom. The maximum Gasteiger partial charge on any atom is 0.228 e. The maximum absolute atomic E-state index is 12.5. The second-order valence-corrected chi connectivity index (χ2v) is 7.02. The fourth-order valence-electron chi connectivity index (χ4n) is 3.43. The van der Waals surface area contributed by atoms with Gasteiger partial charge in [0.1, 0.15) is 5.75 Å². The summed E-state index contributed by atoms with van der Waals surface area (Å²) >= 11 is 0. The third-order valence-corrected chi connectivity index (χ3v) is 4.91. The molecule has 7 nitrogen and oxygen atoms in total. The highest BCUT2D eigenvalue weighted by Gasteiger charge is 2.28. The van der Waals surface area contributed by atoms with Crippen LogP contribution < -0.4 is 10.1 Å². The van der Waals surface area contributed by atoms with Crippen molar-refractivity contribution in [3.05, 3.63) is 53.6 Å². The van der Waals surface area contributed by atoms with Crippen LogP contribution in [0.2, 0.25) is 0 Å². The molecule has 0 unspecified atom stereocenters. The summed E-state index contributed by atoms with van der Waals surface area (Å²) in [7, 11) is 0. The number of carbonyl (C=O) groups is 1. The van der Waals surface area contributed by atoms with Crippen molar-refractivity contribution in [1.82, 2.24) is 20.2 Å². The van der Waals surface area contributed by atoms with Crippen LogP contribution in [-0.4, -0.2) is 32.7 Å². The van der Waals surface area contributed by atoms with Crippen LogP contribution in [-0.2, 0) is 17.6 Å². The Bertz CT molecular complexity index is 1010. The van der Waals surface area contributed by atoms with Gasteiger partial charge in [0, 0.05) is 17.7 Å². The summed E-state index contributed by atoms with van der Waals surface area (Å²) in [5.74, 6) is 1.63. The van der Waals surface area contributed by atoms with Crippen LogP contribution in [0, 0.1) is 0 Å². The maximum atomic E-state index is 12.5. The van der Waals surface area contributed by atoms with Crippen molar-refractivity contribution < 1.29 is 9.53 Å². The molecular formula is C20H19N5O2. The number of fused-ring (bicyclic) bond motifs is 1. The van der Waals surface area contributed by atoms with E-state index in [0.29, 0.717) is 12.5 Å². The number of nitrogens with one attached hydrogen (secondary N) is 1. The normalized spacial score (nSPS) is 15.3. The molecule has 2 aliphatic rings. The van der Waals surface area contributed by atoms with Crippen LogP contribution in [0.4, 0.5) is 5.69 Å². The quantitative estimate of drug-likeness (QED) is 0.756. The van der Waals surface area contributed by atoms with Crippen LogP contribution in [0.1, 0.15) is 30.0 Å². The van der Waals surface area contributed by atoms with Gasteiger partial charge in [-0.25, -0.2) is 4.68 Å². The van der Waals surface area contributed by atoms with Crippen molar-refractivity contribution in [3.63, 3.8) is 0 Å². The molecule has 0 radical (unpaired) electrons. The molecule has 136 valence electrons. The monoisotopic (exact) mass is 361 g/mol. The highest BCUT2D eigenvalue weighted by molar-refractivity contribution is 5.92. The number of carbonyl (C=O) groups excluding carboxylic acids is 1. The summed E-state index contributed by atoms with van der Waals surface area (Å²) in [5.41, 5.74) is 3.81. The van der Waals surface area contributed by atoms with E-state index in [4.69, 9.17) is 4.74 Å². The van der Waals surface area contributed by atoms with Crippen molar-refractivity contribution in [2.75, 3.05) is 11.9 Å². The molecule has 2 heterocycles. The summed E-state index contributed by atoms with van der Waals surface area (Å²) in [6.07, 6.45) is 3.46. The average molecular weight is 361 g/mol. The van der Waals surface area contributed by atoms with Gasteiger partial charge in [-0.1, -0.05) is 24.3 Å². The SMILES string of the molecule is O=C(Cc1ccc2c(c1)CCO2)Nc1cccc(-c2nnnn2C2CC2)c1. The Balaban J connectivity index is 1.30. The molecular weight excluding hydrogens is 342 g/mol. The Morgan fingerprint density at radius 2 is 2.15 bits per heavy atom. The molecule has 1 fully saturated rings. The van der Waals surface area contributed by atoms with E-state index in [1.807, 2.05) is 41.1 Å². The zero-order chi connectivity index (χ0) is 18.2. The molecule has 0 saturated heterocycles. The van der Waals surface area contributed by atoms with Crippen LogP contribution >= 0.6 is 0 Å². The molecule has 7 heteroatoms. The van der Waals surface area contributed by atoms with Crippen molar-refractivity contribution >= 4 is 11.6 Å². The molecule has 5 rings (SSSR count). The fraction of sp³-hybridized carbons (Fsp3) is 0.300. The van der Waals surface area contributed by atoms with Crippen molar-refractivity contribution in [1.29, 1.82) is 0 Å². The summed E-state index contributed by atoms with van der Waals surface area (Å²) in [6.45, 7) is 0.720. The highest BCUT2D eigenvalue weighted by Crippen LogP contribution is 2.36. The molecule has 1 aromatic heterocycles. The van der Waals surface area contributed by atoms with E-state index in [9.17, 15) is 4.79 Å². The first kappa shape index (κ1) is 16.0. The Morgan fingerprint density at radius 1 is 1.22 bits per heavy atom. The summed E-state index contributed by atoms with van der Waals surface area (Å²) in [6, 6.07) is 14.0. The van der Waals surface area contributed by atoms with Gasteiger partial charge in [0.2, 0.25) is 5.91 Å². The van der Waals surface area contributed by atoms with Crippen molar-refractivity contribution in [3.8, 4) is 17.1 Å². The summed E-state index contributed by atoms with van der Waals surface area (Å²) in [5, 5.41) is 15.0. The number of rotatable bonds is 5. The predicted octanol–water partition coefficient (Wildman–Crippen LogP) is 2.79. The molecule has 1 aliphatic carbocycles. The number of anilines is 1. The number of hydrogen-bond acceptors (Lipinski definition) is 5. The van der Waals surface area contributed by atoms with Gasteiger partial charge in [-0.2, -0.15) is 0 Å². The van der Waals surface area contributed by atoms with Gasteiger partial charge in [0.15, 0.2) is 5.82 Å². The van der Waals surface area contributed by atoms with Gasteiger partial charge < -0.3 is 10.1 Å². The largest absolute Gasteiger partial charge is 0.493 e. The molecule has 0 spiro atoms. The van der Waals surface area contributed by atoms with E-state index < -0.39 is 0 Å². The second-order valence-electron chi connectivity index (χ2n) is 7.02. The number of ether oxygens (including phenoxy) is 1. The lowest BCUT2D eigenvalue weighted by molar-refractivity contribution is -0.115. The minimum Gasteiger partial charge on any atom is -0.493 e. The van der Waals surface area contributed by atoms with Gasteiger partial charge in [0.25, 0.3) is 0 Å². The van der Waals surface area contributed by atoms with Crippen molar-refractivity contribution in [2.24, 2.45) is 0 Å². The molecule has 1 saturated carbocycles. The minimum atomic E-state index is -0.0483. The molecule has 27 heavy (non-hydrogen) atoms. The number of benzene rings is 2. The lowest BCUT2D eigenvalue weighted by Crippen LogP contribution is -2.14. The second kappa shape index (κ2) is 6.50. The number of hydrogen-bond donors (Lipinski definition) is 1. The third-order valence-electron chi connectivity index (χ3n) is 4.91. The van der Waals surface area contributed by atoms with Crippen LogP contribution in [0.3, 0.4) is 0 Å². The van der Waals surface area contributed by atoms with Gasteiger partial charge in [-0.15, -0.1) is 5.10 Å². The number of nitrogens with zero attached hydrogens (tertiary/aromatic N) is 4. The molecule has 1 N–H and O–H groups in total. The average Bonchev–Trinajstić information content (AvgIpc) is 3.21. The van der Waals surface area contributed by atoms with E-state index >= 15 is 0 Å². The van der Waals surface area contributed by atoms with E-state index in [1.165, 1.54) is 5.56 Å². The Labute approximate surface area is 156 Å². The number of tetrazole rings is 1. The van der Waals surface area contributed by atoms with E-state index in [-0.39, 0.29) is 5.91 Å². The molecule has 0 bridgehead atoms. The van der Waals surface area contributed by atoms with Crippen LogP contribution in [0.5, 0.6) is 5.75 Å². The van der Waals surface area contributed by atoms with Crippen LogP contribution in [0.25, 0.3) is 11.4 Å². The van der Waals surface area contributed by atoms with Crippen LogP contribution in [0.15, 0.2) is 42.5 Å². The van der Waals surface area contributed by atoms with Gasteiger partial charge >= 0.3 is 0 Å². The highest BCUT2D eigenvalue weighted by atomic mass is 16.5. The van der Waals surface area contributed by atoms with E-state index in [0.717, 1.165) is 54.3 Å². The standard InChI is InChI=1S/C20H19N5O2/c26-19(11-13-4-7-18-14(10-13)8-9-27-18)21-16-3-1-2-15(12-16)20-22-23-24-25(20)17-5-6-17/h1-4,7,10,12,17H,5-6,8-9,11H2,(H,21,26). The lowest BCUT2D eigenvalue weighted by atomic mass is 10.1. The Kier molecular flexibility index (Phi) is 3.85. The fourth-order valence-corrected chi connectivity index (χ4v) is 3.43. The van der Waals surface area contributed by atoms with E-state index in [2.05, 4.69) is 26.9 Å². The molecule has 0 atom stereocenters. The summed E-state index contributed by atoms with van der Waals surface area (Å²) < 4.78 is 7.38. The smallest absolute Gasteiger partial charge is 0.228 e. The van der Waals surface area contributed by atoms with Gasteiger partial charge in [0.05, 0.1) is 19.1 Å². The predicted molar refractivity (Wildman–Crippen MR) is 99.5 cm³/mol. The zero-order valence-corrected chi connectivity index (χ0v) is 14.8. The molecule has 1 aliphatic heterocycles. The lowest BCUT2D eigenvalue weighted by Gasteiger charge is -2.08. The first-order chi connectivity index (χ1) is 13.3. The molecule has 3 aromatic rings. The van der Waals surface area contributed by atoms with Crippen molar-refractivity contribution in [2.45, 2.75) is 31.7 Å². The third kappa shape index (κ3) is 3.28. The van der Waals surface area contributed by atoms with E-state index in [1.54, 1.807) is 0 Å². The summed E-state index contributed by atoms with van der Waals surface area (Å²) in [4.78, 5) is 12.5. The van der Waals surface area contributed by atoms with Gasteiger partial charge in [-0.3, -0.25) is 4.79 Å². The van der Waals surface area contributed by atoms with Gasteiger partial charge in [-0.05, 0) is 52.6 Å².